The monoisotopic (exact) mass is 154 g/mol. The van der Waals surface area contributed by atoms with Crippen LogP contribution in [0.2, 0.25) is 0 Å². The van der Waals surface area contributed by atoms with Gasteiger partial charge in [-0.15, -0.1) is 0 Å². The molecule has 11 heavy (non-hydrogen) atoms. The Morgan fingerprint density at radius 2 is 1.45 bits per heavy atom. The fourth-order valence-corrected chi connectivity index (χ4v) is 2.86. The van der Waals surface area contributed by atoms with Gasteiger partial charge in [-0.25, -0.2) is 0 Å². The highest BCUT2D eigenvalue weighted by molar-refractivity contribution is 5.26. The Labute approximate surface area is 69.1 Å². The van der Waals surface area contributed by atoms with Crippen LogP contribution in [0.1, 0.15) is 40.5 Å². The van der Waals surface area contributed by atoms with Gasteiger partial charge in [-0.1, -0.05) is 27.7 Å². The summed E-state index contributed by atoms with van der Waals surface area (Å²) in [6.45, 7) is 9.14. The van der Waals surface area contributed by atoms with Gasteiger partial charge < -0.3 is 4.74 Å². The molecule has 1 saturated carbocycles. The summed E-state index contributed by atoms with van der Waals surface area (Å²) < 4.78 is 5.93. The van der Waals surface area contributed by atoms with Crippen LogP contribution in [-0.4, -0.2) is 11.2 Å². The van der Waals surface area contributed by atoms with Gasteiger partial charge in [0.15, 0.2) is 0 Å². The van der Waals surface area contributed by atoms with E-state index >= 15 is 0 Å². The predicted molar refractivity (Wildman–Crippen MR) is 45.5 cm³/mol. The van der Waals surface area contributed by atoms with Gasteiger partial charge in [0.25, 0.3) is 0 Å². The topological polar surface area (TPSA) is 12.5 Å². The molecule has 1 saturated heterocycles. The molecule has 0 atom stereocenters. The van der Waals surface area contributed by atoms with Crippen LogP contribution < -0.4 is 0 Å². The SMILES string of the molecule is CC(C)C1(C(C)C)OC12CC2. The molecule has 0 N–H and O–H groups in total. The first-order valence-corrected chi connectivity index (χ1v) is 4.75. The smallest absolute Gasteiger partial charge is 0.102 e. The first-order chi connectivity index (χ1) is 5.05. The summed E-state index contributed by atoms with van der Waals surface area (Å²) in [5.41, 5.74) is 0.613. The third kappa shape index (κ3) is 0.703. The van der Waals surface area contributed by atoms with E-state index in [1.54, 1.807) is 0 Å². The standard InChI is InChI=1S/C10H18O/c1-7(2)10(8(3)4)9(11-10)5-6-9/h7-8H,5-6H2,1-4H3. The molecular formula is C10H18O. The molecule has 1 spiro atoms. The maximum absolute atomic E-state index is 5.93. The van der Waals surface area contributed by atoms with Crippen molar-refractivity contribution in [1.29, 1.82) is 0 Å². The predicted octanol–water partition coefficient (Wildman–Crippen LogP) is 2.60. The van der Waals surface area contributed by atoms with Gasteiger partial charge in [-0.2, -0.15) is 0 Å². The lowest BCUT2D eigenvalue weighted by Gasteiger charge is -2.21. The van der Waals surface area contributed by atoms with E-state index < -0.39 is 0 Å². The minimum absolute atomic E-state index is 0.257. The van der Waals surface area contributed by atoms with Crippen molar-refractivity contribution in [1.82, 2.24) is 0 Å². The lowest BCUT2D eigenvalue weighted by Crippen LogP contribution is -2.29. The Bertz CT molecular complexity index is 169. The van der Waals surface area contributed by atoms with Gasteiger partial charge in [-0.3, -0.25) is 0 Å². The summed E-state index contributed by atoms with van der Waals surface area (Å²) in [6.07, 6.45) is 2.62. The molecule has 2 rings (SSSR count). The number of hydrogen-bond acceptors (Lipinski definition) is 1. The van der Waals surface area contributed by atoms with E-state index in [1.165, 1.54) is 12.8 Å². The molecule has 0 radical (unpaired) electrons. The van der Waals surface area contributed by atoms with Gasteiger partial charge in [-0.05, 0) is 24.7 Å². The molecule has 1 nitrogen and oxygen atoms in total. The second-order valence-corrected chi connectivity index (χ2v) is 4.70. The third-order valence-corrected chi connectivity index (χ3v) is 3.45. The molecule has 0 aromatic heterocycles. The van der Waals surface area contributed by atoms with Crippen molar-refractivity contribution in [2.75, 3.05) is 0 Å². The Morgan fingerprint density at radius 3 is 1.55 bits per heavy atom. The highest BCUT2D eigenvalue weighted by atomic mass is 16.6. The second-order valence-electron chi connectivity index (χ2n) is 4.70. The molecule has 0 unspecified atom stereocenters. The average Bonchev–Trinajstić information content (AvgIpc) is 2.73. The summed E-state index contributed by atoms with van der Waals surface area (Å²) in [7, 11) is 0. The van der Waals surface area contributed by atoms with E-state index in [4.69, 9.17) is 4.74 Å². The molecule has 1 aliphatic heterocycles. The van der Waals surface area contributed by atoms with Crippen LogP contribution in [0, 0.1) is 11.8 Å². The fourth-order valence-electron chi connectivity index (χ4n) is 2.86. The van der Waals surface area contributed by atoms with Crippen LogP contribution in [0.15, 0.2) is 0 Å². The Morgan fingerprint density at radius 1 is 1.00 bits per heavy atom. The highest BCUT2D eigenvalue weighted by Gasteiger charge is 2.78. The largest absolute Gasteiger partial charge is 0.362 e. The zero-order valence-electron chi connectivity index (χ0n) is 7.98. The molecule has 1 aliphatic carbocycles. The van der Waals surface area contributed by atoms with Gasteiger partial charge in [0.2, 0.25) is 0 Å². The minimum Gasteiger partial charge on any atom is -0.362 e. The molecule has 0 bridgehead atoms. The number of rotatable bonds is 2. The summed E-state index contributed by atoms with van der Waals surface area (Å²) in [5.74, 6) is 1.37. The molecule has 2 aliphatic rings. The minimum atomic E-state index is 0.257. The van der Waals surface area contributed by atoms with Crippen molar-refractivity contribution in [3.8, 4) is 0 Å². The molecule has 0 aromatic rings. The maximum Gasteiger partial charge on any atom is 0.102 e. The van der Waals surface area contributed by atoms with Gasteiger partial charge >= 0.3 is 0 Å². The van der Waals surface area contributed by atoms with Crippen molar-refractivity contribution in [3.63, 3.8) is 0 Å². The zero-order chi connectivity index (χ0) is 8.28. The molecule has 1 heterocycles. The van der Waals surface area contributed by atoms with Crippen molar-refractivity contribution in [2.24, 2.45) is 11.8 Å². The van der Waals surface area contributed by atoms with E-state index in [2.05, 4.69) is 27.7 Å². The van der Waals surface area contributed by atoms with Crippen molar-refractivity contribution in [2.45, 2.75) is 51.7 Å². The van der Waals surface area contributed by atoms with Crippen molar-refractivity contribution in [3.05, 3.63) is 0 Å². The highest BCUT2D eigenvalue weighted by Crippen LogP contribution is 2.70. The van der Waals surface area contributed by atoms with Crippen LogP contribution in [0.4, 0.5) is 0 Å². The van der Waals surface area contributed by atoms with Crippen molar-refractivity contribution < 1.29 is 4.74 Å². The Balaban J connectivity index is 2.18. The fraction of sp³-hybridized carbons (Fsp3) is 1.00. The number of epoxide rings is 1. The summed E-state index contributed by atoms with van der Waals surface area (Å²) in [6, 6.07) is 0. The first kappa shape index (κ1) is 7.60. The molecule has 64 valence electrons. The quantitative estimate of drug-likeness (QED) is 0.557. The first-order valence-electron chi connectivity index (χ1n) is 4.75. The van der Waals surface area contributed by atoms with Crippen LogP contribution in [0.5, 0.6) is 0 Å². The maximum atomic E-state index is 5.93. The van der Waals surface area contributed by atoms with E-state index in [-0.39, 0.29) is 5.60 Å². The molecule has 1 heteroatoms. The molecule has 2 fully saturated rings. The average molecular weight is 154 g/mol. The van der Waals surface area contributed by atoms with E-state index in [9.17, 15) is 0 Å². The van der Waals surface area contributed by atoms with Crippen LogP contribution in [-0.2, 0) is 4.74 Å². The Hall–Kier alpha value is -0.0400. The van der Waals surface area contributed by atoms with E-state index in [1.807, 2.05) is 0 Å². The molecule has 0 amide bonds. The van der Waals surface area contributed by atoms with Crippen LogP contribution in [0.25, 0.3) is 0 Å². The number of ether oxygens (including phenoxy) is 1. The lowest BCUT2D eigenvalue weighted by molar-refractivity contribution is 0.180. The summed E-state index contributed by atoms with van der Waals surface area (Å²) in [4.78, 5) is 0. The molecule has 0 aromatic carbocycles. The van der Waals surface area contributed by atoms with Gasteiger partial charge in [0, 0.05) is 0 Å². The van der Waals surface area contributed by atoms with Crippen molar-refractivity contribution >= 4 is 0 Å². The molecular weight excluding hydrogens is 136 g/mol. The third-order valence-electron chi connectivity index (χ3n) is 3.45. The second kappa shape index (κ2) is 1.82. The van der Waals surface area contributed by atoms with E-state index in [0.29, 0.717) is 17.4 Å². The van der Waals surface area contributed by atoms with E-state index in [0.717, 1.165) is 0 Å². The van der Waals surface area contributed by atoms with Gasteiger partial charge in [0.1, 0.15) is 5.60 Å². The Kier molecular flexibility index (Phi) is 1.26. The van der Waals surface area contributed by atoms with Crippen LogP contribution in [0.3, 0.4) is 0 Å². The van der Waals surface area contributed by atoms with Gasteiger partial charge in [0.05, 0.1) is 5.60 Å². The zero-order valence-corrected chi connectivity index (χ0v) is 7.98. The lowest BCUT2D eigenvalue weighted by atomic mass is 9.81. The normalized spacial score (nSPS) is 30.0. The summed E-state index contributed by atoms with van der Waals surface area (Å²) >= 11 is 0. The number of hydrogen-bond donors (Lipinski definition) is 0. The van der Waals surface area contributed by atoms with Crippen LogP contribution >= 0.6 is 0 Å². The summed E-state index contributed by atoms with van der Waals surface area (Å²) in [5, 5.41) is 0.